The van der Waals surface area contributed by atoms with Crippen molar-refractivity contribution in [3.8, 4) is 0 Å². The number of hydrogen-bond acceptors (Lipinski definition) is 4. The Balaban J connectivity index is 1.66. The number of likely N-dealkylation sites (tertiary alicyclic amines) is 1. The highest BCUT2D eigenvalue weighted by Gasteiger charge is 2.19. The first-order valence-corrected chi connectivity index (χ1v) is 8.11. The maximum atomic E-state index is 11.9. The SMILES string of the molecule is CNCC1CCCN(CCCC(=O)c2cccs2)C1. The Bertz CT molecular complexity index is 376. The van der Waals surface area contributed by atoms with Gasteiger partial charge in [-0.2, -0.15) is 0 Å². The summed E-state index contributed by atoms with van der Waals surface area (Å²) in [5.74, 6) is 1.09. The highest BCUT2D eigenvalue weighted by Crippen LogP contribution is 2.17. The highest BCUT2D eigenvalue weighted by molar-refractivity contribution is 7.12. The number of carbonyl (C=O) groups excluding carboxylic acids is 1. The molecule has 1 aromatic heterocycles. The van der Waals surface area contributed by atoms with Crippen molar-refractivity contribution < 1.29 is 4.79 Å². The average molecular weight is 280 g/mol. The maximum absolute atomic E-state index is 11.9. The molecule has 0 aromatic carbocycles. The summed E-state index contributed by atoms with van der Waals surface area (Å²) in [6.45, 7) is 4.57. The molecule has 4 heteroatoms. The number of ketones is 1. The van der Waals surface area contributed by atoms with E-state index in [-0.39, 0.29) is 0 Å². The van der Waals surface area contributed by atoms with Crippen molar-refractivity contribution in [3.63, 3.8) is 0 Å². The van der Waals surface area contributed by atoms with Gasteiger partial charge in [0.2, 0.25) is 0 Å². The van der Waals surface area contributed by atoms with Crippen LogP contribution in [0.4, 0.5) is 0 Å². The minimum atomic E-state index is 0.304. The van der Waals surface area contributed by atoms with Crippen LogP contribution in [-0.2, 0) is 0 Å². The Morgan fingerprint density at radius 1 is 1.58 bits per heavy atom. The van der Waals surface area contributed by atoms with E-state index in [9.17, 15) is 4.79 Å². The van der Waals surface area contributed by atoms with Gasteiger partial charge in [-0.1, -0.05) is 6.07 Å². The third-order valence-electron chi connectivity index (χ3n) is 3.77. The van der Waals surface area contributed by atoms with Crippen LogP contribution < -0.4 is 5.32 Å². The van der Waals surface area contributed by atoms with Crippen LogP contribution in [0.2, 0.25) is 0 Å². The van der Waals surface area contributed by atoms with Gasteiger partial charge in [0, 0.05) is 13.0 Å². The van der Waals surface area contributed by atoms with Crippen LogP contribution in [0.3, 0.4) is 0 Å². The summed E-state index contributed by atoms with van der Waals surface area (Å²) in [6, 6.07) is 3.88. The molecule has 0 aliphatic carbocycles. The van der Waals surface area contributed by atoms with Gasteiger partial charge in [-0.3, -0.25) is 4.79 Å². The number of nitrogens with one attached hydrogen (secondary N) is 1. The molecule has 0 amide bonds. The van der Waals surface area contributed by atoms with Crippen molar-refractivity contribution in [2.75, 3.05) is 33.2 Å². The van der Waals surface area contributed by atoms with Crippen molar-refractivity contribution in [2.24, 2.45) is 5.92 Å². The molecule has 0 spiro atoms. The second kappa shape index (κ2) is 7.78. The molecule has 1 aliphatic heterocycles. The van der Waals surface area contributed by atoms with Crippen LogP contribution in [-0.4, -0.2) is 43.9 Å². The lowest BCUT2D eigenvalue weighted by Gasteiger charge is -2.32. The third-order valence-corrected chi connectivity index (χ3v) is 4.68. The zero-order valence-electron chi connectivity index (χ0n) is 11.7. The molecule has 2 heterocycles. The van der Waals surface area contributed by atoms with E-state index in [4.69, 9.17) is 0 Å². The zero-order chi connectivity index (χ0) is 13.5. The number of piperidine rings is 1. The van der Waals surface area contributed by atoms with Gasteiger partial charge in [-0.15, -0.1) is 11.3 Å². The Labute approximate surface area is 120 Å². The van der Waals surface area contributed by atoms with E-state index in [0.29, 0.717) is 12.2 Å². The summed E-state index contributed by atoms with van der Waals surface area (Å²) >= 11 is 1.55. The molecule has 1 fully saturated rings. The Morgan fingerprint density at radius 2 is 2.47 bits per heavy atom. The van der Waals surface area contributed by atoms with Crippen LogP contribution in [0.25, 0.3) is 0 Å². The monoisotopic (exact) mass is 280 g/mol. The standard InChI is InChI=1S/C15H24N2OS/c1-16-11-13-5-2-8-17(12-13)9-3-6-14(18)15-7-4-10-19-15/h4,7,10,13,16H,2-3,5-6,8-9,11-12H2,1H3. The van der Waals surface area contributed by atoms with E-state index in [1.165, 1.54) is 25.9 Å². The fourth-order valence-electron chi connectivity index (χ4n) is 2.83. The van der Waals surface area contributed by atoms with E-state index in [2.05, 4.69) is 10.2 Å². The summed E-state index contributed by atoms with van der Waals surface area (Å²) in [5, 5.41) is 5.24. The molecule has 0 bridgehead atoms. The van der Waals surface area contributed by atoms with Crippen LogP contribution in [0.1, 0.15) is 35.4 Å². The number of Topliss-reactive ketones (excluding diaryl/α,β-unsaturated/α-hetero) is 1. The summed E-state index contributed by atoms with van der Waals surface area (Å²) in [5.41, 5.74) is 0. The Kier molecular flexibility index (Phi) is 6.01. The Hall–Kier alpha value is -0.710. The van der Waals surface area contributed by atoms with Crippen molar-refractivity contribution in [2.45, 2.75) is 25.7 Å². The molecule has 19 heavy (non-hydrogen) atoms. The first-order valence-electron chi connectivity index (χ1n) is 7.23. The molecule has 0 radical (unpaired) electrons. The average Bonchev–Trinajstić information content (AvgIpc) is 2.93. The van der Waals surface area contributed by atoms with Gasteiger partial charge < -0.3 is 10.2 Å². The first kappa shape index (κ1) is 14.7. The molecule has 1 saturated heterocycles. The van der Waals surface area contributed by atoms with Crippen LogP contribution in [0.15, 0.2) is 17.5 Å². The zero-order valence-corrected chi connectivity index (χ0v) is 12.5. The van der Waals surface area contributed by atoms with E-state index >= 15 is 0 Å². The lowest BCUT2D eigenvalue weighted by atomic mass is 9.98. The van der Waals surface area contributed by atoms with Gasteiger partial charge >= 0.3 is 0 Å². The van der Waals surface area contributed by atoms with Crippen molar-refractivity contribution >= 4 is 17.1 Å². The number of nitrogens with zero attached hydrogens (tertiary/aromatic N) is 1. The Morgan fingerprint density at radius 3 is 3.21 bits per heavy atom. The van der Waals surface area contributed by atoms with Gasteiger partial charge in [0.25, 0.3) is 0 Å². The van der Waals surface area contributed by atoms with Crippen LogP contribution in [0.5, 0.6) is 0 Å². The summed E-state index contributed by atoms with van der Waals surface area (Å²) < 4.78 is 0. The van der Waals surface area contributed by atoms with Crippen LogP contribution >= 0.6 is 11.3 Å². The number of thiophene rings is 1. The molecular formula is C15H24N2OS. The predicted molar refractivity (Wildman–Crippen MR) is 81.0 cm³/mol. The smallest absolute Gasteiger partial charge is 0.172 e. The molecule has 1 unspecified atom stereocenters. The maximum Gasteiger partial charge on any atom is 0.172 e. The lowest BCUT2D eigenvalue weighted by Crippen LogP contribution is -2.39. The van der Waals surface area contributed by atoms with Crippen molar-refractivity contribution in [1.82, 2.24) is 10.2 Å². The number of rotatable bonds is 7. The van der Waals surface area contributed by atoms with Gasteiger partial charge in [-0.05, 0) is 63.3 Å². The first-order chi connectivity index (χ1) is 9.29. The van der Waals surface area contributed by atoms with Gasteiger partial charge in [0.05, 0.1) is 4.88 Å². The fourth-order valence-corrected chi connectivity index (χ4v) is 3.53. The second-order valence-corrected chi connectivity index (χ2v) is 6.32. The van der Waals surface area contributed by atoms with Gasteiger partial charge in [0.15, 0.2) is 5.78 Å². The summed E-state index contributed by atoms with van der Waals surface area (Å²) in [6.07, 6.45) is 4.31. The third kappa shape index (κ3) is 4.71. The summed E-state index contributed by atoms with van der Waals surface area (Å²) in [7, 11) is 2.03. The molecule has 2 rings (SSSR count). The lowest BCUT2D eigenvalue weighted by molar-refractivity contribution is 0.0973. The molecule has 1 N–H and O–H groups in total. The van der Waals surface area contributed by atoms with Crippen molar-refractivity contribution in [1.29, 1.82) is 0 Å². The molecule has 0 saturated carbocycles. The molecule has 1 aliphatic rings. The molecule has 106 valence electrons. The normalized spacial score (nSPS) is 20.6. The molecule has 3 nitrogen and oxygen atoms in total. The van der Waals surface area contributed by atoms with E-state index in [1.807, 2.05) is 24.6 Å². The second-order valence-electron chi connectivity index (χ2n) is 5.37. The quantitative estimate of drug-likeness (QED) is 0.779. The minimum absolute atomic E-state index is 0.304. The largest absolute Gasteiger partial charge is 0.319 e. The van der Waals surface area contributed by atoms with E-state index in [0.717, 1.165) is 30.3 Å². The topological polar surface area (TPSA) is 32.3 Å². The number of hydrogen-bond donors (Lipinski definition) is 1. The predicted octanol–water partition coefficient (Wildman–Crippen LogP) is 2.64. The minimum Gasteiger partial charge on any atom is -0.319 e. The number of carbonyl (C=O) groups is 1. The van der Waals surface area contributed by atoms with E-state index in [1.54, 1.807) is 11.3 Å². The fraction of sp³-hybridized carbons (Fsp3) is 0.667. The van der Waals surface area contributed by atoms with Gasteiger partial charge in [0.1, 0.15) is 0 Å². The molecule has 1 aromatic rings. The molecular weight excluding hydrogens is 256 g/mol. The molecule has 1 atom stereocenters. The summed E-state index contributed by atoms with van der Waals surface area (Å²) in [4.78, 5) is 15.3. The van der Waals surface area contributed by atoms with Gasteiger partial charge in [-0.25, -0.2) is 0 Å². The van der Waals surface area contributed by atoms with Crippen LogP contribution in [0, 0.1) is 5.92 Å². The van der Waals surface area contributed by atoms with Crippen molar-refractivity contribution in [3.05, 3.63) is 22.4 Å². The van der Waals surface area contributed by atoms with E-state index < -0.39 is 0 Å². The highest BCUT2D eigenvalue weighted by atomic mass is 32.1.